The van der Waals surface area contributed by atoms with Crippen molar-refractivity contribution < 1.29 is 14.5 Å². The van der Waals surface area contributed by atoms with Crippen LogP contribution in [0.25, 0.3) is 0 Å². The number of hydrogen-bond donors (Lipinski definition) is 3. The number of nitrogens with zero attached hydrogens (tertiary/aromatic N) is 1. The monoisotopic (exact) mass is 401 g/mol. The molecule has 0 aliphatic carbocycles. The van der Waals surface area contributed by atoms with Crippen LogP contribution in [0.15, 0.2) is 48.5 Å². The van der Waals surface area contributed by atoms with Crippen molar-refractivity contribution in [2.45, 2.75) is 13.5 Å². The Bertz CT molecular complexity index is 820. The van der Waals surface area contributed by atoms with Crippen LogP contribution in [0.3, 0.4) is 0 Å². The summed E-state index contributed by atoms with van der Waals surface area (Å²) >= 11 is 6.12. The molecular formula is C21H26ClN4O2+. The average Bonchev–Trinajstić information content (AvgIpc) is 2.69. The van der Waals surface area contributed by atoms with E-state index in [1.165, 1.54) is 10.5 Å². The van der Waals surface area contributed by atoms with Gasteiger partial charge in [-0.3, -0.25) is 10.1 Å². The van der Waals surface area contributed by atoms with Gasteiger partial charge in [0.05, 0.1) is 26.2 Å². The van der Waals surface area contributed by atoms with Crippen LogP contribution >= 0.6 is 11.6 Å². The number of hydrogen-bond acceptors (Lipinski definition) is 3. The molecule has 0 spiro atoms. The average molecular weight is 402 g/mol. The molecule has 7 heteroatoms. The van der Waals surface area contributed by atoms with Crippen LogP contribution in [0.5, 0.6) is 0 Å². The van der Waals surface area contributed by atoms with Gasteiger partial charge in [-0.25, -0.2) is 4.79 Å². The zero-order valence-electron chi connectivity index (χ0n) is 16.0. The zero-order valence-corrected chi connectivity index (χ0v) is 16.8. The fraction of sp³-hybridized carbons (Fsp3) is 0.333. The Kier molecular flexibility index (Phi) is 6.90. The Balaban J connectivity index is 1.41. The number of imide groups is 1. The van der Waals surface area contributed by atoms with Gasteiger partial charge in [0.15, 0.2) is 6.54 Å². The molecule has 28 heavy (non-hydrogen) atoms. The van der Waals surface area contributed by atoms with Crippen LogP contribution in [0.4, 0.5) is 10.5 Å². The molecule has 0 unspecified atom stereocenters. The molecule has 0 aromatic heterocycles. The number of carbonyl (C=O) groups excluding carboxylic acids is 2. The number of rotatable bonds is 5. The highest BCUT2D eigenvalue weighted by atomic mass is 35.5. The van der Waals surface area contributed by atoms with Gasteiger partial charge in [0.2, 0.25) is 0 Å². The molecule has 3 rings (SSSR count). The predicted molar refractivity (Wildman–Crippen MR) is 111 cm³/mol. The van der Waals surface area contributed by atoms with E-state index in [1.54, 1.807) is 0 Å². The first-order valence-electron chi connectivity index (χ1n) is 9.47. The molecule has 1 fully saturated rings. The van der Waals surface area contributed by atoms with Crippen molar-refractivity contribution in [3.8, 4) is 0 Å². The molecule has 1 aliphatic rings. The molecule has 148 valence electrons. The summed E-state index contributed by atoms with van der Waals surface area (Å²) in [5.74, 6) is -0.257. The predicted octanol–water partition coefficient (Wildman–Crippen LogP) is 1.38. The highest BCUT2D eigenvalue weighted by Gasteiger charge is 2.24. The smallest absolute Gasteiger partial charge is 0.321 e. The number of aryl methyl sites for hydroxylation is 1. The minimum absolute atomic E-state index is 0.257. The van der Waals surface area contributed by atoms with E-state index in [2.05, 4.69) is 22.5 Å². The lowest BCUT2D eigenvalue weighted by molar-refractivity contribution is -0.892. The van der Waals surface area contributed by atoms with E-state index in [9.17, 15) is 9.59 Å². The molecule has 6 nitrogen and oxygen atoms in total. The fourth-order valence-electron chi connectivity index (χ4n) is 3.38. The number of anilines is 1. The Hall–Kier alpha value is -2.57. The summed E-state index contributed by atoms with van der Waals surface area (Å²) in [7, 11) is 0. The number of quaternary nitrogens is 1. The molecule has 0 atom stereocenters. The molecule has 2 aromatic carbocycles. The lowest BCUT2D eigenvalue weighted by atomic mass is 10.1. The molecule has 0 bridgehead atoms. The zero-order chi connectivity index (χ0) is 19.9. The standard InChI is InChI=1S/C21H25ClN4O2/c1-16-7-8-18(22)13-19(16)26-11-9-25(10-12-26)15-20(27)24-21(28)23-14-17-5-3-2-4-6-17/h2-8,13H,9-12,14-15H2,1H3,(H2,23,24,27,28)/p+1. The van der Waals surface area contributed by atoms with Crippen molar-refractivity contribution in [2.24, 2.45) is 0 Å². The first-order valence-corrected chi connectivity index (χ1v) is 9.85. The summed E-state index contributed by atoms with van der Waals surface area (Å²) in [6, 6.07) is 15.0. The Morgan fingerprint density at radius 1 is 1.11 bits per heavy atom. The van der Waals surface area contributed by atoms with Gasteiger partial charge in [0, 0.05) is 17.3 Å². The number of nitrogens with one attached hydrogen (secondary N) is 3. The summed E-state index contributed by atoms with van der Waals surface area (Å²) in [5.41, 5.74) is 3.33. The van der Waals surface area contributed by atoms with Gasteiger partial charge in [0.25, 0.3) is 5.91 Å². The lowest BCUT2D eigenvalue weighted by Crippen LogP contribution is -3.16. The highest BCUT2D eigenvalue weighted by molar-refractivity contribution is 6.30. The van der Waals surface area contributed by atoms with Crippen LogP contribution < -0.4 is 20.4 Å². The minimum Gasteiger partial charge on any atom is -0.360 e. The van der Waals surface area contributed by atoms with Gasteiger partial charge in [-0.2, -0.15) is 0 Å². The number of carbonyl (C=O) groups is 2. The molecule has 3 amide bonds. The fourth-order valence-corrected chi connectivity index (χ4v) is 3.55. The van der Waals surface area contributed by atoms with Crippen LogP contribution in [0.2, 0.25) is 5.02 Å². The SMILES string of the molecule is Cc1ccc(Cl)cc1N1CC[NH+](CC(=O)NC(=O)NCc2ccccc2)CC1. The number of piperazine rings is 1. The first kappa shape index (κ1) is 20.2. The maximum Gasteiger partial charge on any atom is 0.321 e. The van der Waals surface area contributed by atoms with E-state index in [-0.39, 0.29) is 5.91 Å². The third kappa shape index (κ3) is 5.71. The number of urea groups is 1. The molecule has 1 aliphatic heterocycles. The minimum atomic E-state index is -0.457. The van der Waals surface area contributed by atoms with Crippen LogP contribution in [0.1, 0.15) is 11.1 Å². The molecule has 1 heterocycles. The summed E-state index contributed by atoms with van der Waals surface area (Å²) < 4.78 is 0. The van der Waals surface area contributed by atoms with E-state index in [1.807, 2.05) is 48.5 Å². The summed E-state index contributed by atoms with van der Waals surface area (Å²) in [6.45, 7) is 6.14. The van der Waals surface area contributed by atoms with E-state index in [0.717, 1.165) is 42.5 Å². The van der Waals surface area contributed by atoms with Gasteiger partial charge < -0.3 is 15.1 Å². The summed E-state index contributed by atoms with van der Waals surface area (Å²) in [6.07, 6.45) is 0. The van der Waals surface area contributed by atoms with E-state index in [0.29, 0.717) is 13.1 Å². The second-order valence-electron chi connectivity index (χ2n) is 7.06. The van der Waals surface area contributed by atoms with Gasteiger partial charge >= 0.3 is 6.03 Å². The number of halogens is 1. The highest BCUT2D eigenvalue weighted by Crippen LogP contribution is 2.24. The van der Waals surface area contributed by atoms with Crippen molar-refractivity contribution in [2.75, 3.05) is 37.6 Å². The third-order valence-corrected chi connectivity index (χ3v) is 5.18. The molecule has 0 radical (unpaired) electrons. The van der Waals surface area contributed by atoms with Crippen molar-refractivity contribution in [1.82, 2.24) is 10.6 Å². The van der Waals surface area contributed by atoms with E-state index < -0.39 is 6.03 Å². The third-order valence-electron chi connectivity index (χ3n) is 4.94. The lowest BCUT2D eigenvalue weighted by Gasteiger charge is -2.34. The second kappa shape index (κ2) is 9.57. The summed E-state index contributed by atoms with van der Waals surface area (Å²) in [5, 5.41) is 5.86. The topological polar surface area (TPSA) is 65.9 Å². The Labute approximate surface area is 170 Å². The van der Waals surface area contributed by atoms with Gasteiger partial charge in [-0.05, 0) is 30.2 Å². The van der Waals surface area contributed by atoms with Gasteiger partial charge in [-0.1, -0.05) is 48.0 Å². The van der Waals surface area contributed by atoms with Crippen molar-refractivity contribution in [1.29, 1.82) is 0 Å². The molecule has 1 saturated heterocycles. The molecular weight excluding hydrogens is 376 g/mol. The van der Waals surface area contributed by atoms with Gasteiger partial charge in [0.1, 0.15) is 0 Å². The van der Waals surface area contributed by atoms with Crippen LogP contribution in [0, 0.1) is 6.92 Å². The van der Waals surface area contributed by atoms with E-state index in [4.69, 9.17) is 11.6 Å². The maximum atomic E-state index is 12.2. The van der Waals surface area contributed by atoms with Crippen molar-refractivity contribution in [3.05, 3.63) is 64.7 Å². The molecule has 2 aromatic rings. The van der Waals surface area contributed by atoms with Crippen LogP contribution in [-0.4, -0.2) is 44.7 Å². The van der Waals surface area contributed by atoms with Gasteiger partial charge in [-0.15, -0.1) is 0 Å². The van der Waals surface area contributed by atoms with Crippen molar-refractivity contribution in [3.63, 3.8) is 0 Å². The molecule has 0 saturated carbocycles. The van der Waals surface area contributed by atoms with E-state index >= 15 is 0 Å². The second-order valence-corrected chi connectivity index (χ2v) is 7.50. The van der Waals surface area contributed by atoms with Crippen LogP contribution in [-0.2, 0) is 11.3 Å². The Morgan fingerprint density at radius 3 is 2.54 bits per heavy atom. The largest absolute Gasteiger partial charge is 0.360 e. The number of amides is 3. The van der Waals surface area contributed by atoms with Crippen molar-refractivity contribution >= 4 is 29.2 Å². The molecule has 3 N–H and O–H groups in total. The first-order chi connectivity index (χ1) is 13.5. The summed E-state index contributed by atoms with van der Waals surface area (Å²) in [4.78, 5) is 27.5. The maximum absolute atomic E-state index is 12.2. The normalized spacial score (nSPS) is 14.6. The Morgan fingerprint density at radius 2 is 1.82 bits per heavy atom. The quantitative estimate of drug-likeness (QED) is 0.709. The number of benzene rings is 2.